The lowest BCUT2D eigenvalue weighted by Gasteiger charge is -2.19. The third-order valence-corrected chi connectivity index (χ3v) is 6.21. The van der Waals surface area contributed by atoms with Gasteiger partial charge in [-0.25, -0.2) is 4.98 Å². The molecule has 1 amide bonds. The summed E-state index contributed by atoms with van der Waals surface area (Å²) in [4.78, 5) is 34.5. The number of aryl methyl sites for hydroxylation is 1. The second-order valence-electron chi connectivity index (χ2n) is 7.16. The highest BCUT2D eigenvalue weighted by Crippen LogP contribution is 2.37. The Kier molecular flexibility index (Phi) is 6.09. The van der Waals surface area contributed by atoms with E-state index in [1.165, 1.54) is 23.5 Å². The molecular formula is C23H20N4O4S. The molecule has 0 saturated carbocycles. The van der Waals surface area contributed by atoms with Gasteiger partial charge in [-0.15, -0.1) is 0 Å². The van der Waals surface area contributed by atoms with Gasteiger partial charge < -0.3 is 4.74 Å². The lowest BCUT2D eigenvalue weighted by atomic mass is 10.1. The first-order valence-electron chi connectivity index (χ1n) is 9.84. The van der Waals surface area contributed by atoms with Crippen molar-refractivity contribution in [1.29, 1.82) is 0 Å². The van der Waals surface area contributed by atoms with Crippen molar-refractivity contribution in [3.63, 3.8) is 0 Å². The molecule has 0 bridgehead atoms. The van der Waals surface area contributed by atoms with Gasteiger partial charge in [0.25, 0.3) is 5.69 Å². The topological polar surface area (TPSA) is 98.5 Å². The first kappa shape index (κ1) is 21.4. The van der Waals surface area contributed by atoms with Crippen molar-refractivity contribution in [2.45, 2.75) is 19.9 Å². The second kappa shape index (κ2) is 9.11. The van der Waals surface area contributed by atoms with Crippen molar-refractivity contribution >= 4 is 38.3 Å². The van der Waals surface area contributed by atoms with Gasteiger partial charge >= 0.3 is 0 Å². The Morgan fingerprint density at radius 3 is 2.59 bits per heavy atom. The van der Waals surface area contributed by atoms with Gasteiger partial charge in [0, 0.05) is 18.3 Å². The molecule has 0 unspecified atom stereocenters. The maximum Gasteiger partial charge on any atom is 0.269 e. The molecule has 0 saturated heterocycles. The van der Waals surface area contributed by atoms with E-state index >= 15 is 0 Å². The van der Waals surface area contributed by atoms with Crippen LogP contribution in [0.2, 0.25) is 0 Å². The summed E-state index contributed by atoms with van der Waals surface area (Å²) < 4.78 is 6.41. The summed E-state index contributed by atoms with van der Waals surface area (Å²) >= 11 is 1.42. The third kappa shape index (κ3) is 4.42. The van der Waals surface area contributed by atoms with Crippen LogP contribution in [0.1, 0.15) is 16.8 Å². The Morgan fingerprint density at radius 2 is 1.94 bits per heavy atom. The SMILES string of the molecule is COc1ccc(C)c2sc(N(Cc3ccccn3)C(=O)Cc3ccc([N+](=O)[O-])cc3)nc12. The smallest absolute Gasteiger partial charge is 0.269 e. The van der Waals surface area contributed by atoms with E-state index in [4.69, 9.17) is 9.72 Å². The number of carbonyl (C=O) groups excluding carboxylic acids is 1. The summed E-state index contributed by atoms with van der Waals surface area (Å²) in [6, 6.07) is 15.4. The van der Waals surface area contributed by atoms with Crippen LogP contribution in [0.15, 0.2) is 60.8 Å². The van der Waals surface area contributed by atoms with Gasteiger partial charge in [-0.05, 0) is 36.2 Å². The third-order valence-electron chi connectivity index (χ3n) is 4.99. The van der Waals surface area contributed by atoms with Gasteiger partial charge in [0.05, 0.1) is 35.4 Å². The largest absolute Gasteiger partial charge is 0.494 e. The van der Waals surface area contributed by atoms with E-state index in [2.05, 4.69) is 4.98 Å². The Labute approximate surface area is 188 Å². The number of nitro benzene ring substituents is 1. The zero-order chi connectivity index (χ0) is 22.7. The number of pyridine rings is 1. The molecule has 0 fully saturated rings. The molecule has 0 aliphatic rings. The monoisotopic (exact) mass is 448 g/mol. The highest BCUT2D eigenvalue weighted by molar-refractivity contribution is 7.22. The molecule has 0 N–H and O–H groups in total. The van der Waals surface area contributed by atoms with Gasteiger partial charge in [-0.2, -0.15) is 0 Å². The van der Waals surface area contributed by atoms with E-state index in [1.807, 2.05) is 37.3 Å². The molecule has 162 valence electrons. The number of benzene rings is 2. The number of rotatable bonds is 7. The zero-order valence-corrected chi connectivity index (χ0v) is 18.3. The Balaban J connectivity index is 1.70. The van der Waals surface area contributed by atoms with Gasteiger partial charge in [0.15, 0.2) is 5.13 Å². The zero-order valence-electron chi connectivity index (χ0n) is 17.5. The number of ether oxygens (including phenoxy) is 1. The molecule has 0 atom stereocenters. The van der Waals surface area contributed by atoms with Crippen LogP contribution in [-0.4, -0.2) is 27.9 Å². The highest BCUT2D eigenvalue weighted by Gasteiger charge is 2.23. The van der Waals surface area contributed by atoms with Crippen LogP contribution in [0.25, 0.3) is 10.2 Å². The van der Waals surface area contributed by atoms with Crippen LogP contribution in [0.4, 0.5) is 10.8 Å². The summed E-state index contributed by atoms with van der Waals surface area (Å²) in [5, 5.41) is 11.4. The number of thiazole rings is 1. The lowest BCUT2D eigenvalue weighted by molar-refractivity contribution is -0.384. The number of nitrogens with zero attached hydrogens (tertiary/aromatic N) is 4. The Morgan fingerprint density at radius 1 is 1.16 bits per heavy atom. The molecule has 4 rings (SSSR count). The molecule has 2 aromatic heterocycles. The number of hydrogen-bond acceptors (Lipinski definition) is 7. The fourth-order valence-electron chi connectivity index (χ4n) is 3.30. The minimum absolute atomic E-state index is 0.0136. The predicted molar refractivity (Wildman–Crippen MR) is 123 cm³/mol. The Bertz CT molecular complexity index is 1270. The van der Waals surface area contributed by atoms with Gasteiger partial charge in [0.2, 0.25) is 5.91 Å². The molecular weight excluding hydrogens is 428 g/mol. The van der Waals surface area contributed by atoms with Crippen LogP contribution in [-0.2, 0) is 17.8 Å². The fraction of sp³-hybridized carbons (Fsp3) is 0.174. The number of hydrogen-bond donors (Lipinski definition) is 0. The minimum Gasteiger partial charge on any atom is -0.494 e. The molecule has 0 radical (unpaired) electrons. The van der Waals surface area contributed by atoms with E-state index in [1.54, 1.807) is 30.3 Å². The van der Waals surface area contributed by atoms with Gasteiger partial charge in [-0.1, -0.05) is 35.6 Å². The molecule has 9 heteroatoms. The maximum atomic E-state index is 13.4. The molecule has 4 aromatic rings. The van der Waals surface area contributed by atoms with E-state index in [0.29, 0.717) is 22.0 Å². The molecule has 2 heterocycles. The highest BCUT2D eigenvalue weighted by atomic mass is 32.1. The van der Waals surface area contributed by atoms with Crippen molar-refractivity contribution < 1.29 is 14.5 Å². The summed E-state index contributed by atoms with van der Waals surface area (Å²) in [7, 11) is 1.59. The number of anilines is 1. The summed E-state index contributed by atoms with van der Waals surface area (Å²) in [6.45, 7) is 2.25. The average molecular weight is 449 g/mol. The van der Waals surface area contributed by atoms with Gasteiger partial charge in [-0.3, -0.25) is 24.8 Å². The van der Waals surface area contributed by atoms with Crippen LogP contribution < -0.4 is 9.64 Å². The van der Waals surface area contributed by atoms with Crippen molar-refractivity contribution in [3.8, 4) is 5.75 Å². The normalized spacial score (nSPS) is 10.8. The summed E-state index contributed by atoms with van der Waals surface area (Å²) in [5.74, 6) is 0.467. The maximum absolute atomic E-state index is 13.4. The summed E-state index contributed by atoms with van der Waals surface area (Å²) in [5.41, 5.74) is 3.15. The molecule has 8 nitrogen and oxygen atoms in total. The van der Waals surface area contributed by atoms with Gasteiger partial charge in [0.1, 0.15) is 11.3 Å². The molecule has 0 aliphatic carbocycles. The lowest BCUT2D eigenvalue weighted by Crippen LogP contribution is -2.32. The number of aromatic nitrogens is 2. The van der Waals surface area contributed by atoms with Crippen LogP contribution in [0.5, 0.6) is 5.75 Å². The summed E-state index contributed by atoms with van der Waals surface area (Å²) in [6.07, 6.45) is 1.76. The predicted octanol–water partition coefficient (Wildman–Crippen LogP) is 4.69. The quantitative estimate of drug-likeness (QED) is 0.300. The van der Waals surface area contributed by atoms with E-state index in [0.717, 1.165) is 16.0 Å². The average Bonchev–Trinajstić information content (AvgIpc) is 3.25. The van der Waals surface area contributed by atoms with Crippen LogP contribution >= 0.6 is 11.3 Å². The first-order chi connectivity index (χ1) is 15.5. The number of fused-ring (bicyclic) bond motifs is 1. The van der Waals surface area contributed by atoms with Crippen molar-refractivity contribution in [1.82, 2.24) is 9.97 Å². The van der Waals surface area contributed by atoms with Crippen molar-refractivity contribution in [2.24, 2.45) is 0 Å². The van der Waals surface area contributed by atoms with Crippen LogP contribution in [0.3, 0.4) is 0 Å². The Hall–Kier alpha value is -3.85. The first-order valence-corrected chi connectivity index (χ1v) is 10.7. The molecule has 0 spiro atoms. The van der Waals surface area contributed by atoms with E-state index in [-0.39, 0.29) is 24.6 Å². The number of methoxy groups -OCH3 is 1. The van der Waals surface area contributed by atoms with Crippen molar-refractivity contribution in [3.05, 3.63) is 87.7 Å². The second-order valence-corrected chi connectivity index (χ2v) is 8.14. The molecule has 32 heavy (non-hydrogen) atoms. The minimum atomic E-state index is -0.462. The van der Waals surface area contributed by atoms with Crippen molar-refractivity contribution in [2.75, 3.05) is 12.0 Å². The van der Waals surface area contributed by atoms with Crippen LogP contribution in [0, 0.1) is 17.0 Å². The molecule has 0 aliphatic heterocycles. The standard InChI is InChI=1S/C23H20N4O4S/c1-15-6-11-19(31-2)21-22(15)32-23(25-21)26(14-17-5-3-4-12-24-17)20(28)13-16-7-9-18(10-8-16)27(29)30/h3-12H,13-14H2,1-2H3. The number of non-ortho nitro benzene ring substituents is 1. The van der Waals surface area contributed by atoms with E-state index in [9.17, 15) is 14.9 Å². The molecule has 2 aromatic carbocycles. The number of nitro groups is 1. The fourth-order valence-corrected chi connectivity index (χ4v) is 4.37. The van der Waals surface area contributed by atoms with E-state index < -0.39 is 4.92 Å². The number of amides is 1. The number of carbonyl (C=O) groups is 1.